The second-order valence-electron chi connectivity index (χ2n) is 6.11. The van der Waals surface area contributed by atoms with E-state index in [9.17, 15) is 0 Å². The number of nitrogens with zero attached hydrogens (tertiary/aromatic N) is 2. The number of nitrogen functional groups attached to an aromatic ring is 1. The third-order valence-electron chi connectivity index (χ3n) is 3.75. The molecular weight excluding hydrogens is 236 g/mol. The Morgan fingerprint density at radius 2 is 2.00 bits per heavy atom. The number of benzene rings is 1. The molecule has 19 heavy (non-hydrogen) atoms. The van der Waals surface area contributed by atoms with Gasteiger partial charge in [0.1, 0.15) is 12.1 Å². The molecule has 3 N–H and O–H groups in total. The number of hydrogen-bond acceptors (Lipinski definition) is 4. The van der Waals surface area contributed by atoms with Crippen molar-refractivity contribution in [3.8, 4) is 0 Å². The smallest absolute Gasteiger partial charge is 0.137 e. The fraction of sp³-hybridized carbons (Fsp3) is 0.467. The number of nitrogens with one attached hydrogen (secondary N) is 1. The van der Waals surface area contributed by atoms with Gasteiger partial charge >= 0.3 is 0 Å². The van der Waals surface area contributed by atoms with E-state index < -0.39 is 0 Å². The fourth-order valence-corrected chi connectivity index (χ4v) is 1.81. The van der Waals surface area contributed by atoms with Crippen LogP contribution in [0.1, 0.15) is 27.7 Å². The summed E-state index contributed by atoms with van der Waals surface area (Å²) in [6, 6.07) is 5.78. The van der Waals surface area contributed by atoms with Gasteiger partial charge in [0.15, 0.2) is 0 Å². The summed E-state index contributed by atoms with van der Waals surface area (Å²) >= 11 is 0. The molecule has 1 heterocycles. The average Bonchev–Trinajstić information content (AvgIpc) is 2.35. The maximum absolute atomic E-state index is 5.93. The summed E-state index contributed by atoms with van der Waals surface area (Å²) in [4.78, 5) is 8.57. The third kappa shape index (κ3) is 2.95. The molecule has 0 aliphatic heterocycles. The predicted molar refractivity (Wildman–Crippen MR) is 81.1 cm³/mol. The molecule has 0 spiro atoms. The SMILES string of the molecule is C[C@@H](CNc1ncnc2c(N)cccc12)C(C)(C)C. The fourth-order valence-electron chi connectivity index (χ4n) is 1.81. The lowest BCUT2D eigenvalue weighted by Crippen LogP contribution is -2.25. The number of rotatable bonds is 3. The lowest BCUT2D eigenvalue weighted by Gasteiger charge is -2.27. The first kappa shape index (κ1) is 13.6. The van der Waals surface area contributed by atoms with Crippen LogP contribution < -0.4 is 11.1 Å². The Bertz CT molecular complexity index is 572. The molecule has 4 nitrogen and oxygen atoms in total. The Labute approximate surface area is 114 Å². The van der Waals surface area contributed by atoms with Gasteiger partial charge in [-0.15, -0.1) is 0 Å². The zero-order chi connectivity index (χ0) is 14.0. The number of nitrogens with two attached hydrogens (primary N) is 1. The van der Waals surface area contributed by atoms with E-state index in [0.29, 0.717) is 11.6 Å². The van der Waals surface area contributed by atoms with Crippen molar-refractivity contribution in [3.05, 3.63) is 24.5 Å². The maximum atomic E-state index is 5.93. The van der Waals surface area contributed by atoms with Gasteiger partial charge in [-0.25, -0.2) is 9.97 Å². The summed E-state index contributed by atoms with van der Waals surface area (Å²) in [7, 11) is 0. The molecule has 0 radical (unpaired) electrons. The van der Waals surface area contributed by atoms with E-state index in [1.54, 1.807) is 6.33 Å². The molecule has 2 aromatic rings. The van der Waals surface area contributed by atoms with E-state index in [4.69, 9.17) is 5.73 Å². The minimum absolute atomic E-state index is 0.273. The van der Waals surface area contributed by atoms with Gasteiger partial charge in [0.05, 0.1) is 11.2 Å². The molecule has 0 saturated carbocycles. The summed E-state index contributed by atoms with van der Waals surface area (Å²) < 4.78 is 0. The lowest BCUT2D eigenvalue weighted by atomic mass is 9.82. The Kier molecular flexibility index (Phi) is 3.60. The normalized spacial score (nSPS) is 13.5. The number of hydrogen-bond donors (Lipinski definition) is 2. The van der Waals surface area contributed by atoms with Crippen LogP contribution in [0.15, 0.2) is 24.5 Å². The van der Waals surface area contributed by atoms with Gasteiger partial charge in [0, 0.05) is 11.9 Å². The summed E-state index contributed by atoms with van der Waals surface area (Å²) in [5.74, 6) is 1.40. The molecule has 1 atom stereocenters. The second kappa shape index (κ2) is 5.03. The van der Waals surface area contributed by atoms with E-state index >= 15 is 0 Å². The zero-order valence-electron chi connectivity index (χ0n) is 12.1. The molecule has 0 amide bonds. The van der Waals surface area contributed by atoms with Crippen molar-refractivity contribution < 1.29 is 0 Å². The highest BCUT2D eigenvalue weighted by atomic mass is 15.0. The molecule has 0 fully saturated rings. The molecule has 102 valence electrons. The average molecular weight is 258 g/mol. The molecule has 0 bridgehead atoms. The maximum Gasteiger partial charge on any atom is 0.137 e. The Morgan fingerprint density at radius 3 is 2.68 bits per heavy atom. The largest absolute Gasteiger partial charge is 0.397 e. The number of anilines is 2. The highest BCUT2D eigenvalue weighted by Crippen LogP contribution is 2.27. The first-order valence-electron chi connectivity index (χ1n) is 6.62. The summed E-state index contributed by atoms with van der Waals surface area (Å²) in [5.41, 5.74) is 7.70. The molecule has 0 saturated heterocycles. The minimum Gasteiger partial charge on any atom is -0.397 e. The van der Waals surface area contributed by atoms with Crippen LogP contribution in [0.2, 0.25) is 0 Å². The van der Waals surface area contributed by atoms with Crippen LogP contribution in [-0.4, -0.2) is 16.5 Å². The minimum atomic E-state index is 0.273. The molecule has 4 heteroatoms. The van der Waals surface area contributed by atoms with Gasteiger partial charge in [0.2, 0.25) is 0 Å². The molecule has 2 rings (SSSR count). The number of para-hydroxylation sites is 1. The Balaban J connectivity index is 2.25. The van der Waals surface area contributed by atoms with Gasteiger partial charge in [-0.3, -0.25) is 0 Å². The zero-order valence-corrected chi connectivity index (χ0v) is 12.1. The molecule has 1 aromatic carbocycles. The number of fused-ring (bicyclic) bond motifs is 1. The summed E-state index contributed by atoms with van der Waals surface area (Å²) in [6.07, 6.45) is 1.56. The van der Waals surface area contributed by atoms with E-state index in [1.165, 1.54) is 0 Å². The molecule has 0 aliphatic carbocycles. The highest BCUT2D eigenvalue weighted by Gasteiger charge is 2.20. The monoisotopic (exact) mass is 258 g/mol. The third-order valence-corrected chi connectivity index (χ3v) is 3.75. The van der Waals surface area contributed by atoms with Crippen LogP contribution in [0.3, 0.4) is 0 Å². The van der Waals surface area contributed by atoms with Crippen molar-refractivity contribution in [1.29, 1.82) is 0 Å². The van der Waals surface area contributed by atoms with Crippen LogP contribution in [0.25, 0.3) is 10.9 Å². The van der Waals surface area contributed by atoms with Gasteiger partial charge in [-0.1, -0.05) is 33.8 Å². The number of aromatic nitrogens is 2. The van der Waals surface area contributed by atoms with Crippen LogP contribution in [0.4, 0.5) is 11.5 Å². The highest BCUT2D eigenvalue weighted by molar-refractivity contribution is 5.96. The van der Waals surface area contributed by atoms with Gasteiger partial charge in [-0.2, -0.15) is 0 Å². The van der Waals surface area contributed by atoms with Crippen molar-refractivity contribution in [2.24, 2.45) is 11.3 Å². The predicted octanol–water partition coefficient (Wildman–Crippen LogP) is 3.31. The van der Waals surface area contributed by atoms with Crippen molar-refractivity contribution >= 4 is 22.4 Å². The van der Waals surface area contributed by atoms with E-state index in [0.717, 1.165) is 23.3 Å². The van der Waals surface area contributed by atoms with Gasteiger partial charge in [-0.05, 0) is 23.5 Å². The molecular formula is C15H22N4. The van der Waals surface area contributed by atoms with Crippen LogP contribution in [-0.2, 0) is 0 Å². The van der Waals surface area contributed by atoms with Crippen LogP contribution in [0, 0.1) is 11.3 Å². The van der Waals surface area contributed by atoms with Crippen molar-refractivity contribution in [1.82, 2.24) is 9.97 Å². The standard InChI is InChI=1S/C15H22N4/c1-10(15(2,3)4)8-17-14-11-6-5-7-12(16)13(11)18-9-19-14/h5-7,9-10H,8,16H2,1-4H3,(H,17,18,19)/t10-/m0/s1. The van der Waals surface area contributed by atoms with Gasteiger partial charge in [0.25, 0.3) is 0 Å². The topological polar surface area (TPSA) is 63.8 Å². The van der Waals surface area contributed by atoms with E-state index in [2.05, 4.69) is 43.0 Å². The molecule has 0 unspecified atom stereocenters. The summed E-state index contributed by atoms with van der Waals surface area (Å²) in [6.45, 7) is 9.86. The van der Waals surface area contributed by atoms with Crippen molar-refractivity contribution in [2.75, 3.05) is 17.6 Å². The first-order chi connectivity index (χ1) is 8.89. The molecule has 1 aromatic heterocycles. The second-order valence-corrected chi connectivity index (χ2v) is 6.11. The lowest BCUT2D eigenvalue weighted by molar-refractivity contribution is 0.274. The van der Waals surface area contributed by atoms with Crippen LogP contribution >= 0.6 is 0 Å². The van der Waals surface area contributed by atoms with Gasteiger partial charge < -0.3 is 11.1 Å². The van der Waals surface area contributed by atoms with Crippen molar-refractivity contribution in [3.63, 3.8) is 0 Å². The summed E-state index contributed by atoms with van der Waals surface area (Å²) in [5, 5.41) is 4.39. The van der Waals surface area contributed by atoms with E-state index in [-0.39, 0.29) is 5.41 Å². The Hall–Kier alpha value is -1.84. The first-order valence-corrected chi connectivity index (χ1v) is 6.62. The van der Waals surface area contributed by atoms with E-state index in [1.807, 2.05) is 18.2 Å². The Morgan fingerprint density at radius 1 is 1.26 bits per heavy atom. The van der Waals surface area contributed by atoms with Crippen LogP contribution in [0.5, 0.6) is 0 Å². The van der Waals surface area contributed by atoms with Crippen molar-refractivity contribution in [2.45, 2.75) is 27.7 Å². The molecule has 0 aliphatic rings. The quantitative estimate of drug-likeness (QED) is 0.829.